The first kappa shape index (κ1) is 18.4. The molecule has 7 heteroatoms. The summed E-state index contributed by atoms with van der Waals surface area (Å²) in [6, 6.07) is 2.48. The van der Waals surface area contributed by atoms with E-state index in [0.717, 1.165) is 25.7 Å². The maximum atomic E-state index is 13.3. The molecule has 0 aliphatic heterocycles. The Morgan fingerprint density at radius 2 is 1.71 bits per heavy atom. The van der Waals surface area contributed by atoms with E-state index in [1.165, 1.54) is 12.1 Å². The molecule has 3 N–H and O–H groups in total. The van der Waals surface area contributed by atoms with E-state index in [9.17, 15) is 12.8 Å². The van der Waals surface area contributed by atoms with Gasteiger partial charge < -0.3 is 5.73 Å². The molecule has 1 aliphatic carbocycles. The van der Waals surface area contributed by atoms with Crippen LogP contribution in [0.3, 0.4) is 0 Å². The predicted octanol–water partition coefficient (Wildman–Crippen LogP) is 2.41. The number of rotatable bonds is 4. The third-order valence-corrected chi connectivity index (χ3v) is 5.88. The van der Waals surface area contributed by atoms with Crippen molar-refractivity contribution in [2.45, 2.75) is 50.0 Å². The first-order valence-electron chi connectivity index (χ1n) is 6.80. The Bertz CT molecular complexity index is 590. The maximum Gasteiger partial charge on any atom is 0.241 e. The SMILES string of the molecule is Cc1cc(F)cc(C)c1S(=O)(=O)NC1(CN)CCCC1.Cl. The maximum absolute atomic E-state index is 13.3. The zero-order valence-corrected chi connectivity index (χ0v) is 13.9. The topological polar surface area (TPSA) is 72.2 Å². The van der Waals surface area contributed by atoms with Crippen LogP contribution >= 0.6 is 12.4 Å². The molecule has 1 fully saturated rings. The first-order valence-corrected chi connectivity index (χ1v) is 8.29. The molecule has 0 heterocycles. The van der Waals surface area contributed by atoms with E-state index >= 15 is 0 Å². The molecule has 1 saturated carbocycles. The fourth-order valence-corrected chi connectivity index (χ4v) is 4.98. The zero-order valence-electron chi connectivity index (χ0n) is 12.3. The molecule has 0 aromatic heterocycles. The number of nitrogens with two attached hydrogens (primary N) is 1. The minimum atomic E-state index is -3.69. The monoisotopic (exact) mass is 336 g/mol. The number of nitrogens with one attached hydrogen (secondary N) is 1. The van der Waals surface area contributed by atoms with Gasteiger partial charge in [-0.3, -0.25) is 0 Å². The van der Waals surface area contributed by atoms with Crippen molar-refractivity contribution in [1.82, 2.24) is 4.72 Å². The molecule has 0 unspecified atom stereocenters. The quantitative estimate of drug-likeness (QED) is 0.887. The summed E-state index contributed by atoms with van der Waals surface area (Å²) in [6.45, 7) is 3.49. The van der Waals surface area contributed by atoms with Crippen molar-refractivity contribution in [1.29, 1.82) is 0 Å². The van der Waals surface area contributed by atoms with E-state index in [0.29, 0.717) is 11.1 Å². The average molecular weight is 337 g/mol. The Morgan fingerprint density at radius 1 is 1.24 bits per heavy atom. The minimum Gasteiger partial charge on any atom is -0.329 e. The van der Waals surface area contributed by atoms with Gasteiger partial charge in [0.1, 0.15) is 5.82 Å². The van der Waals surface area contributed by atoms with Crippen LogP contribution < -0.4 is 10.5 Å². The number of hydrogen-bond acceptors (Lipinski definition) is 3. The Balaban J connectivity index is 0.00000220. The van der Waals surface area contributed by atoms with Crippen molar-refractivity contribution >= 4 is 22.4 Å². The van der Waals surface area contributed by atoms with Gasteiger partial charge in [-0.15, -0.1) is 12.4 Å². The van der Waals surface area contributed by atoms with Gasteiger partial charge in [-0.2, -0.15) is 0 Å². The van der Waals surface area contributed by atoms with Crippen LogP contribution in [0.2, 0.25) is 0 Å². The van der Waals surface area contributed by atoms with E-state index in [2.05, 4.69) is 4.72 Å². The molecular formula is C14H22ClFN2O2S. The summed E-state index contributed by atoms with van der Waals surface area (Å²) < 4.78 is 41.3. The fourth-order valence-electron chi connectivity index (χ4n) is 3.06. The van der Waals surface area contributed by atoms with Gasteiger partial charge in [0.25, 0.3) is 0 Å². The average Bonchev–Trinajstić information content (AvgIpc) is 2.75. The van der Waals surface area contributed by atoms with Gasteiger partial charge in [-0.1, -0.05) is 12.8 Å². The summed E-state index contributed by atoms with van der Waals surface area (Å²) in [5, 5.41) is 0. The van der Waals surface area contributed by atoms with E-state index in [1.54, 1.807) is 13.8 Å². The third-order valence-electron chi connectivity index (χ3n) is 4.00. The molecule has 4 nitrogen and oxygen atoms in total. The normalized spacial score (nSPS) is 17.5. The van der Waals surface area contributed by atoms with Gasteiger partial charge in [0.05, 0.1) is 4.90 Å². The molecule has 0 saturated heterocycles. The summed E-state index contributed by atoms with van der Waals surface area (Å²) in [5.74, 6) is -0.423. The van der Waals surface area contributed by atoms with Crippen LogP contribution in [0.4, 0.5) is 4.39 Å². The summed E-state index contributed by atoms with van der Waals surface area (Å²) >= 11 is 0. The molecule has 120 valence electrons. The molecule has 0 spiro atoms. The highest BCUT2D eigenvalue weighted by Crippen LogP contribution is 2.31. The van der Waals surface area contributed by atoms with Crippen LogP contribution in [0.1, 0.15) is 36.8 Å². The molecule has 0 amide bonds. The lowest BCUT2D eigenvalue weighted by Gasteiger charge is -2.29. The van der Waals surface area contributed by atoms with Gasteiger partial charge in [0.2, 0.25) is 10.0 Å². The van der Waals surface area contributed by atoms with Crippen molar-refractivity contribution in [2.24, 2.45) is 5.73 Å². The van der Waals surface area contributed by atoms with Gasteiger partial charge >= 0.3 is 0 Å². The molecular weight excluding hydrogens is 315 g/mol. The third kappa shape index (κ3) is 3.74. The van der Waals surface area contributed by atoms with E-state index in [1.807, 2.05) is 0 Å². The van der Waals surface area contributed by atoms with Crippen molar-refractivity contribution in [3.05, 3.63) is 29.1 Å². The molecule has 2 rings (SSSR count). The van der Waals surface area contributed by atoms with Gasteiger partial charge in [0, 0.05) is 12.1 Å². The summed E-state index contributed by atoms with van der Waals surface area (Å²) in [5.41, 5.74) is 6.05. The van der Waals surface area contributed by atoms with Crippen LogP contribution in [0, 0.1) is 19.7 Å². The second-order valence-electron chi connectivity index (χ2n) is 5.67. The Labute approximate surface area is 131 Å². The van der Waals surface area contributed by atoms with Gasteiger partial charge in [-0.05, 0) is 49.9 Å². The van der Waals surface area contributed by atoms with Gasteiger partial charge in [0.15, 0.2) is 0 Å². The first-order chi connectivity index (χ1) is 9.30. The minimum absolute atomic E-state index is 0. The predicted molar refractivity (Wildman–Crippen MR) is 83.7 cm³/mol. The fraction of sp³-hybridized carbons (Fsp3) is 0.571. The van der Waals surface area contributed by atoms with Crippen LogP contribution in [0.25, 0.3) is 0 Å². The molecule has 0 atom stereocenters. The summed E-state index contributed by atoms with van der Waals surface area (Å²) in [6.07, 6.45) is 3.45. The highest BCUT2D eigenvalue weighted by atomic mass is 35.5. The second kappa shape index (κ2) is 6.60. The van der Waals surface area contributed by atoms with Crippen LogP contribution in [0.5, 0.6) is 0 Å². The largest absolute Gasteiger partial charge is 0.329 e. The van der Waals surface area contributed by atoms with Gasteiger partial charge in [-0.25, -0.2) is 17.5 Å². The molecule has 1 aromatic carbocycles. The highest BCUT2D eigenvalue weighted by molar-refractivity contribution is 7.89. The number of hydrogen-bond donors (Lipinski definition) is 2. The lowest BCUT2D eigenvalue weighted by molar-refractivity contribution is 0.399. The van der Waals surface area contributed by atoms with Crippen molar-refractivity contribution in [3.8, 4) is 0 Å². The molecule has 0 radical (unpaired) electrons. The molecule has 1 aromatic rings. The van der Waals surface area contributed by atoms with E-state index in [4.69, 9.17) is 5.73 Å². The highest BCUT2D eigenvalue weighted by Gasteiger charge is 2.37. The Hall–Kier alpha value is -0.690. The number of sulfonamides is 1. The smallest absolute Gasteiger partial charge is 0.241 e. The second-order valence-corrected chi connectivity index (χ2v) is 7.29. The molecule has 0 bridgehead atoms. The lowest BCUT2D eigenvalue weighted by atomic mass is 10.0. The number of halogens is 2. The van der Waals surface area contributed by atoms with E-state index in [-0.39, 0.29) is 23.8 Å². The summed E-state index contributed by atoms with van der Waals surface area (Å²) in [7, 11) is -3.69. The zero-order chi connectivity index (χ0) is 15.0. The van der Waals surface area contributed by atoms with Crippen molar-refractivity contribution in [2.75, 3.05) is 6.54 Å². The van der Waals surface area contributed by atoms with E-state index < -0.39 is 21.4 Å². The van der Waals surface area contributed by atoms with Crippen molar-refractivity contribution in [3.63, 3.8) is 0 Å². The number of benzene rings is 1. The lowest BCUT2D eigenvalue weighted by Crippen LogP contribution is -2.51. The van der Waals surface area contributed by atoms with Crippen LogP contribution in [-0.2, 0) is 10.0 Å². The van der Waals surface area contributed by atoms with Crippen LogP contribution in [-0.4, -0.2) is 20.5 Å². The Kier molecular flexibility index (Phi) is 5.77. The standard InChI is InChI=1S/C14H21FN2O2S.ClH/c1-10-7-12(15)8-11(2)13(10)20(18,19)17-14(9-16)5-3-4-6-14;/h7-8,17H,3-6,9,16H2,1-2H3;1H. The van der Waals surface area contributed by atoms with Crippen LogP contribution in [0.15, 0.2) is 17.0 Å². The Morgan fingerprint density at radius 3 is 2.14 bits per heavy atom. The number of aryl methyl sites for hydroxylation is 2. The molecule has 21 heavy (non-hydrogen) atoms. The van der Waals surface area contributed by atoms with Crippen molar-refractivity contribution < 1.29 is 12.8 Å². The molecule has 1 aliphatic rings. The summed E-state index contributed by atoms with van der Waals surface area (Å²) in [4.78, 5) is 0.165.